The van der Waals surface area contributed by atoms with Crippen LogP contribution in [0.5, 0.6) is 0 Å². The molecule has 1 fully saturated rings. The van der Waals surface area contributed by atoms with E-state index < -0.39 is 0 Å². The molecule has 0 spiro atoms. The van der Waals surface area contributed by atoms with Gasteiger partial charge in [-0.3, -0.25) is 14.8 Å². The SMILES string of the molecule is C[C@@H]1COCCN1c1cc(-c2ccncc2F)c2c(n1)c(-c1ccn[nH]1)nn2C. The lowest BCUT2D eigenvalue weighted by atomic mass is 10.0. The van der Waals surface area contributed by atoms with Crippen LogP contribution in [0.15, 0.2) is 36.8 Å². The lowest BCUT2D eigenvalue weighted by molar-refractivity contribution is 0.0986. The molecule has 1 N–H and O–H groups in total. The van der Waals surface area contributed by atoms with Gasteiger partial charge in [0.1, 0.15) is 22.8 Å². The van der Waals surface area contributed by atoms with Gasteiger partial charge in [-0.2, -0.15) is 10.2 Å². The average Bonchev–Trinajstić information content (AvgIpc) is 3.36. The molecule has 0 unspecified atom stereocenters. The molecule has 1 aliphatic rings. The molecule has 5 heterocycles. The first kappa shape index (κ1) is 17.7. The van der Waals surface area contributed by atoms with Gasteiger partial charge >= 0.3 is 0 Å². The Morgan fingerprint density at radius 1 is 1.24 bits per heavy atom. The summed E-state index contributed by atoms with van der Waals surface area (Å²) in [6.45, 7) is 4.07. The molecule has 0 saturated carbocycles. The number of aromatic amines is 1. The number of H-pyrrole nitrogens is 1. The second-order valence-electron chi connectivity index (χ2n) is 7.14. The highest BCUT2D eigenvalue weighted by molar-refractivity contribution is 6.00. The zero-order chi connectivity index (χ0) is 20.0. The summed E-state index contributed by atoms with van der Waals surface area (Å²) in [5.74, 6) is 0.388. The van der Waals surface area contributed by atoms with E-state index in [4.69, 9.17) is 9.72 Å². The van der Waals surface area contributed by atoms with Crippen molar-refractivity contribution < 1.29 is 9.13 Å². The summed E-state index contributed by atoms with van der Waals surface area (Å²) in [6, 6.07) is 5.62. The fourth-order valence-electron chi connectivity index (χ4n) is 3.85. The Balaban J connectivity index is 1.81. The van der Waals surface area contributed by atoms with Gasteiger partial charge in [0.2, 0.25) is 0 Å². The second-order valence-corrected chi connectivity index (χ2v) is 7.14. The molecule has 5 rings (SSSR count). The predicted octanol–water partition coefficient (Wildman–Crippen LogP) is 2.78. The van der Waals surface area contributed by atoms with E-state index in [1.807, 2.05) is 19.2 Å². The van der Waals surface area contributed by atoms with E-state index in [-0.39, 0.29) is 11.9 Å². The van der Waals surface area contributed by atoms with Gasteiger partial charge in [0, 0.05) is 37.1 Å². The van der Waals surface area contributed by atoms with Crippen molar-refractivity contribution in [1.29, 1.82) is 0 Å². The van der Waals surface area contributed by atoms with Crippen molar-refractivity contribution in [1.82, 2.24) is 29.9 Å². The first-order valence-corrected chi connectivity index (χ1v) is 9.45. The Morgan fingerprint density at radius 2 is 2.14 bits per heavy atom. The number of ether oxygens (including phenoxy) is 1. The Labute approximate surface area is 166 Å². The molecule has 0 amide bonds. The number of hydrogen-bond acceptors (Lipinski definition) is 6. The Kier molecular flexibility index (Phi) is 4.24. The lowest BCUT2D eigenvalue weighted by Crippen LogP contribution is -2.44. The average molecular weight is 393 g/mol. The maximum absolute atomic E-state index is 14.7. The number of fused-ring (bicyclic) bond motifs is 1. The smallest absolute Gasteiger partial charge is 0.149 e. The molecule has 29 heavy (non-hydrogen) atoms. The molecular weight excluding hydrogens is 373 g/mol. The van der Waals surface area contributed by atoms with Crippen molar-refractivity contribution in [3.8, 4) is 22.5 Å². The quantitative estimate of drug-likeness (QED) is 0.576. The van der Waals surface area contributed by atoms with Crippen LogP contribution in [0.25, 0.3) is 33.5 Å². The normalized spacial score (nSPS) is 17.2. The maximum atomic E-state index is 14.7. The van der Waals surface area contributed by atoms with Crippen LogP contribution in [-0.2, 0) is 11.8 Å². The summed E-state index contributed by atoms with van der Waals surface area (Å²) < 4.78 is 22.0. The Morgan fingerprint density at radius 3 is 2.90 bits per heavy atom. The summed E-state index contributed by atoms with van der Waals surface area (Å²) in [6.07, 6.45) is 4.49. The van der Waals surface area contributed by atoms with Gasteiger partial charge in [-0.1, -0.05) is 0 Å². The number of halogens is 1. The molecule has 148 valence electrons. The Bertz CT molecular complexity index is 1170. The largest absolute Gasteiger partial charge is 0.377 e. The minimum Gasteiger partial charge on any atom is -0.377 e. The molecule has 4 aromatic heterocycles. The monoisotopic (exact) mass is 393 g/mol. The highest BCUT2D eigenvalue weighted by atomic mass is 19.1. The van der Waals surface area contributed by atoms with Gasteiger partial charge < -0.3 is 9.64 Å². The summed E-state index contributed by atoms with van der Waals surface area (Å²) >= 11 is 0. The molecule has 8 nitrogen and oxygen atoms in total. The first-order valence-electron chi connectivity index (χ1n) is 9.45. The van der Waals surface area contributed by atoms with Crippen molar-refractivity contribution in [3.63, 3.8) is 0 Å². The number of nitrogens with zero attached hydrogens (tertiary/aromatic N) is 6. The van der Waals surface area contributed by atoms with Gasteiger partial charge in [-0.25, -0.2) is 9.37 Å². The lowest BCUT2D eigenvalue weighted by Gasteiger charge is -2.34. The van der Waals surface area contributed by atoms with Crippen LogP contribution in [0.3, 0.4) is 0 Å². The highest BCUT2D eigenvalue weighted by Gasteiger charge is 2.25. The summed E-state index contributed by atoms with van der Waals surface area (Å²) in [5.41, 5.74) is 4.08. The maximum Gasteiger partial charge on any atom is 0.149 e. The topological polar surface area (TPSA) is 84.8 Å². The fourth-order valence-corrected chi connectivity index (χ4v) is 3.85. The van der Waals surface area contributed by atoms with E-state index in [1.54, 1.807) is 23.1 Å². The minimum absolute atomic E-state index is 0.163. The zero-order valence-corrected chi connectivity index (χ0v) is 16.1. The van der Waals surface area contributed by atoms with Crippen LogP contribution >= 0.6 is 0 Å². The molecular formula is C20H20FN7O. The van der Waals surface area contributed by atoms with E-state index in [9.17, 15) is 4.39 Å². The van der Waals surface area contributed by atoms with Crippen LogP contribution in [0, 0.1) is 5.82 Å². The van der Waals surface area contributed by atoms with Gasteiger partial charge in [-0.05, 0) is 25.1 Å². The molecule has 9 heteroatoms. The second kappa shape index (κ2) is 6.93. The van der Waals surface area contributed by atoms with Crippen molar-refractivity contribution in [2.45, 2.75) is 13.0 Å². The van der Waals surface area contributed by atoms with Crippen LogP contribution in [0.4, 0.5) is 10.2 Å². The number of anilines is 1. The van der Waals surface area contributed by atoms with E-state index in [0.717, 1.165) is 29.1 Å². The fraction of sp³-hybridized carbons (Fsp3) is 0.300. The van der Waals surface area contributed by atoms with Gasteiger partial charge in [0.05, 0.1) is 36.7 Å². The number of aromatic nitrogens is 6. The number of hydrogen-bond donors (Lipinski definition) is 1. The molecule has 0 radical (unpaired) electrons. The number of morpholine rings is 1. The van der Waals surface area contributed by atoms with Crippen molar-refractivity contribution >= 4 is 16.9 Å². The number of nitrogens with one attached hydrogen (secondary N) is 1. The molecule has 1 saturated heterocycles. The van der Waals surface area contributed by atoms with E-state index >= 15 is 0 Å². The number of pyridine rings is 2. The third-order valence-corrected chi connectivity index (χ3v) is 5.26. The van der Waals surface area contributed by atoms with Crippen LogP contribution < -0.4 is 4.90 Å². The van der Waals surface area contributed by atoms with E-state index in [0.29, 0.717) is 30.0 Å². The van der Waals surface area contributed by atoms with E-state index in [1.165, 1.54) is 6.20 Å². The third-order valence-electron chi connectivity index (χ3n) is 5.26. The van der Waals surface area contributed by atoms with Crippen LogP contribution in [-0.4, -0.2) is 55.7 Å². The molecule has 0 bridgehead atoms. The van der Waals surface area contributed by atoms with Gasteiger partial charge in [-0.15, -0.1) is 0 Å². The van der Waals surface area contributed by atoms with Crippen molar-refractivity contribution in [2.24, 2.45) is 7.05 Å². The molecule has 0 aliphatic carbocycles. The van der Waals surface area contributed by atoms with Crippen molar-refractivity contribution in [2.75, 3.05) is 24.7 Å². The standard InChI is InChI=1S/C20H20FN7O/c1-12-11-29-8-7-28(12)17-9-14(13-3-5-22-10-15(13)21)20-19(24-17)18(26-27(20)2)16-4-6-23-25-16/h3-6,9-10,12H,7-8,11H2,1-2H3,(H,23,25)/t12-/m1/s1. The van der Waals surface area contributed by atoms with Crippen LogP contribution in [0.2, 0.25) is 0 Å². The third kappa shape index (κ3) is 2.94. The van der Waals surface area contributed by atoms with Crippen LogP contribution in [0.1, 0.15) is 6.92 Å². The summed E-state index contributed by atoms with van der Waals surface area (Å²) in [5, 5.41) is 11.6. The molecule has 1 atom stereocenters. The van der Waals surface area contributed by atoms with Gasteiger partial charge in [0.25, 0.3) is 0 Å². The minimum atomic E-state index is -0.384. The number of aryl methyl sites for hydroxylation is 1. The first-order chi connectivity index (χ1) is 14.1. The van der Waals surface area contributed by atoms with Crippen molar-refractivity contribution in [3.05, 3.63) is 42.6 Å². The highest BCUT2D eigenvalue weighted by Crippen LogP contribution is 2.36. The van der Waals surface area contributed by atoms with E-state index in [2.05, 4.69) is 32.1 Å². The molecule has 0 aromatic carbocycles. The summed E-state index contributed by atoms with van der Waals surface area (Å²) in [7, 11) is 1.84. The molecule has 1 aliphatic heterocycles. The number of rotatable bonds is 3. The summed E-state index contributed by atoms with van der Waals surface area (Å²) in [4.78, 5) is 11.0. The zero-order valence-electron chi connectivity index (χ0n) is 16.1. The van der Waals surface area contributed by atoms with Gasteiger partial charge in [0.15, 0.2) is 0 Å². The predicted molar refractivity (Wildman–Crippen MR) is 107 cm³/mol. The Hall–Kier alpha value is -3.33. The molecule has 4 aromatic rings.